The van der Waals surface area contributed by atoms with Gasteiger partial charge in [-0.3, -0.25) is 4.79 Å². The molecule has 0 saturated heterocycles. The van der Waals surface area contributed by atoms with Crippen LogP contribution in [0.3, 0.4) is 0 Å². The van der Waals surface area contributed by atoms with Crippen molar-refractivity contribution in [1.82, 2.24) is 9.88 Å². The minimum atomic E-state index is 0.0108. The van der Waals surface area contributed by atoms with Crippen molar-refractivity contribution in [3.05, 3.63) is 58.3 Å². The zero-order valence-electron chi connectivity index (χ0n) is 10.2. The van der Waals surface area contributed by atoms with E-state index in [2.05, 4.69) is 33.0 Å². The monoisotopic (exact) mass is 306 g/mol. The molecule has 94 valence electrons. The van der Waals surface area contributed by atoms with Gasteiger partial charge >= 0.3 is 0 Å². The molecule has 0 atom stereocenters. The number of halogens is 1. The molecule has 1 N–H and O–H groups in total. The maximum atomic E-state index is 12.1. The average Bonchev–Trinajstić information content (AvgIpc) is 2.83. The second-order valence-corrected chi connectivity index (χ2v) is 5.11. The molecule has 0 bridgehead atoms. The smallest absolute Gasteiger partial charge is 0.270 e. The summed E-state index contributed by atoms with van der Waals surface area (Å²) in [6, 6.07) is 12.0. The number of likely N-dealkylation sites (N-methyl/N-ethyl adjacent to an activating group) is 1. The Balaban J connectivity index is 1.92. The highest BCUT2D eigenvalue weighted by Crippen LogP contribution is 2.12. The van der Waals surface area contributed by atoms with Crippen molar-refractivity contribution in [3.8, 4) is 0 Å². The van der Waals surface area contributed by atoms with Gasteiger partial charge < -0.3 is 9.88 Å². The van der Waals surface area contributed by atoms with Crippen molar-refractivity contribution >= 4 is 21.8 Å². The summed E-state index contributed by atoms with van der Waals surface area (Å²) in [5.41, 5.74) is 1.85. The Morgan fingerprint density at radius 2 is 2.06 bits per heavy atom. The second kappa shape index (κ2) is 5.87. The topological polar surface area (TPSA) is 36.1 Å². The molecule has 2 rings (SSSR count). The average molecular weight is 307 g/mol. The van der Waals surface area contributed by atoms with E-state index in [1.54, 1.807) is 17.2 Å². The molecule has 0 unspecified atom stereocenters. The Morgan fingerprint density at radius 3 is 2.67 bits per heavy atom. The summed E-state index contributed by atoms with van der Waals surface area (Å²) in [6.45, 7) is 0.708. The molecule has 1 aromatic carbocycles. The van der Waals surface area contributed by atoms with Crippen LogP contribution in [0.5, 0.6) is 0 Å². The van der Waals surface area contributed by atoms with Crippen molar-refractivity contribution in [1.29, 1.82) is 0 Å². The third-order valence-electron chi connectivity index (χ3n) is 2.80. The van der Waals surface area contributed by atoms with Crippen LogP contribution in [0.4, 0.5) is 0 Å². The van der Waals surface area contributed by atoms with Gasteiger partial charge in [-0.05, 0) is 34.0 Å². The minimum Gasteiger partial charge on any atom is -0.356 e. The highest BCUT2D eigenvalue weighted by molar-refractivity contribution is 9.10. The van der Waals surface area contributed by atoms with Crippen LogP contribution in [0, 0.1) is 0 Å². The van der Waals surface area contributed by atoms with E-state index in [1.165, 1.54) is 5.56 Å². The van der Waals surface area contributed by atoms with Crippen LogP contribution in [-0.2, 0) is 6.42 Å². The van der Waals surface area contributed by atoms with Crippen LogP contribution in [-0.4, -0.2) is 29.4 Å². The van der Waals surface area contributed by atoms with Gasteiger partial charge in [-0.15, -0.1) is 0 Å². The van der Waals surface area contributed by atoms with Gasteiger partial charge in [0.15, 0.2) is 0 Å². The van der Waals surface area contributed by atoms with E-state index in [9.17, 15) is 4.79 Å². The third-order valence-corrected chi connectivity index (χ3v) is 3.26. The Hall–Kier alpha value is -1.55. The lowest BCUT2D eigenvalue weighted by Crippen LogP contribution is -2.29. The maximum absolute atomic E-state index is 12.1. The number of rotatable bonds is 4. The fourth-order valence-electron chi connectivity index (χ4n) is 1.74. The lowest BCUT2D eigenvalue weighted by Gasteiger charge is -2.16. The van der Waals surface area contributed by atoms with E-state index in [1.807, 2.05) is 25.2 Å². The Kier molecular flexibility index (Phi) is 4.20. The van der Waals surface area contributed by atoms with Gasteiger partial charge in [-0.2, -0.15) is 0 Å². The van der Waals surface area contributed by atoms with E-state index >= 15 is 0 Å². The maximum Gasteiger partial charge on any atom is 0.270 e. The Morgan fingerprint density at radius 1 is 1.33 bits per heavy atom. The van der Waals surface area contributed by atoms with Gasteiger partial charge in [0.25, 0.3) is 5.91 Å². The van der Waals surface area contributed by atoms with E-state index in [-0.39, 0.29) is 5.91 Å². The summed E-state index contributed by atoms with van der Waals surface area (Å²) in [4.78, 5) is 16.7. The summed E-state index contributed by atoms with van der Waals surface area (Å²) in [6.07, 6.45) is 2.63. The van der Waals surface area contributed by atoms with Crippen molar-refractivity contribution in [2.45, 2.75) is 6.42 Å². The standard InChI is InChI=1S/C14H15BrN2O/c1-17(8-7-11-5-3-2-4-6-11)14(18)13-9-12(15)10-16-13/h2-6,9-10,16H,7-8H2,1H3. The summed E-state index contributed by atoms with van der Waals surface area (Å²) < 4.78 is 0.891. The Labute approximate surface area is 115 Å². The zero-order valence-corrected chi connectivity index (χ0v) is 11.8. The molecule has 0 aliphatic carbocycles. The lowest BCUT2D eigenvalue weighted by molar-refractivity contribution is 0.0791. The number of carbonyl (C=O) groups excluding carboxylic acids is 1. The first-order valence-corrected chi connectivity index (χ1v) is 6.59. The van der Waals surface area contributed by atoms with Crippen molar-refractivity contribution in [2.75, 3.05) is 13.6 Å². The number of benzene rings is 1. The van der Waals surface area contributed by atoms with Crippen LogP contribution in [0.25, 0.3) is 0 Å². The van der Waals surface area contributed by atoms with Gasteiger partial charge in [-0.1, -0.05) is 30.3 Å². The molecule has 0 saturated carbocycles. The molecular formula is C14H15BrN2O. The first-order chi connectivity index (χ1) is 8.66. The normalized spacial score (nSPS) is 10.3. The van der Waals surface area contributed by atoms with Gasteiger partial charge in [0.1, 0.15) is 5.69 Å². The predicted octanol–water partition coefficient (Wildman–Crippen LogP) is 3.09. The van der Waals surface area contributed by atoms with Crippen molar-refractivity contribution in [2.24, 2.45) is 0 Å². The number of hydrogen-bond acceptors (Lipinski definition) is 1. The third kappa shape index (κ3) is 3.23. The largest absolute Gasteiger partial charge is 0.356 e. The molecule has 0 aliphatic heterocycles. The Bertz CT molecular complexity index is 522. The quantitative estimate of drug-likeness (QED) is 0.926. The predicted molar refractivity (Wildman–Crippen MR) is 75.6 cm³/mol. The van der Waals surface area contributed by atoms with Crippen LogP contribution in [0.1, 0.15) is 16.1 Å². The highest BCUT2D eigenvalue weighted by atomic mass is 79.9. The fourth-order valence-corrected chi connectivity index (χ4v) is 2.08. The van der Waals surface area contributed by atoms with Gasteiger partial charge in [-0.25, -0.2) is 0 Å². The van der Waals surface area contributed by atoms with E-state index in [4.69, 9.17) is 0 Å². The molecular weight excluding hydrogens is 292 g/mol. The summed E-state index contributed by atoms with van der Waals surface area (Å²) >= 11 is 3.32. The van der Waals surface area contributed by atoms with E-state index in [0.717, 1.165) is 10.9 Å². The van der Waals surface area contributed by atoms with E-state index in [0.29, 0.717) is 12.2 Å². The molecule has 2 aromatic rings. The number of amides is 1. The van der Waals surface area contributed by atoms with Crippen LogP contribution in [0.15, 0.2) is 47.1 Å². The summed E-state index contributed by atoms with van der Waals surface area (Å²) in [5, 5.41) is 0. The number of nitrogens with zero attached hydrogens (tertiary/aromatic N) is 1. The number of aromatic nitrogens is 1. The lowest BCUT2D eigenvalue weighted by atomic mass is 10.1. The number of carbonyl (C=O) groups is 1. The first kappa shape index (κ1) is 12.9. The molecule has 0 fully saturated rings. The SMILES string of the molecule is CN(CCc1ccccc1)C(=O)c1cc(Br)c[nH]1. The van der Waals surface area contributed by atoms with Crippen molar-refractivity contribution < 1.29 is 4.79 Å². The van der Waals surface area contributed by atoms with Crippen LogP contribution >= 0.6 is 15.9 Å². The molecule has 3 nitrogen and oxygen atoms in total. The number of H-pyrrole nitrogens is 1. The number of hydrogen-bond donors (Lipinski definition) is 1. The molecule has 0 radical (unpaired) electrons. The fraction of sp³-hybridized carbons (Fsp3) is 0.214. The van der Waals surface area contributed by atoms with Crippen LogP contribution < -0.4 is 0 Å². The molecule has 1 aromatic heterocycles. The molecule has 0 aliphatic rings. The minimum absolute atomic E-state index is 0.0108. The van der Waals surface area contributed by atoms with Gasteiger partial charge in [0.05, 0.1) is 0 Å². The summed E-state index contributed by atoms with van der Waals surface area (Å²) in [5.74, 6) is 0.0108. The summed E-state index contributed by atoms with van der Waals surface area (Å²) in [7, 11) is 1.82. The first-order valence-electron chi connectivity index (χ1n) is 5.80. The van der Waals surface area contributed by atoms with Gasteiger partial charge in [0.2, 0.25) is 0 Å². The molecule has 4 heteroatoms. The molecule has 0 spiro atoms. The second-order valence-electron chi connectivity index (χ2n) is 4.19. The van der Waals surface area contributed by atoms with Crippen molar-refractivity contribution in [3.63, 3.8) is 0 Å². The molecule has 1 heterocycles. The van der Waals surface area contributed by atoms with Crippen LogP contribution in [0.2, 0.25) is 0 Å². The number of aromatic amines is 1. The molecule has 18 heavy (non-hydrogen) atoms. The number of nitrogens with one attached hydrogen (secondary N) is 1. The molecule has 1 amide bonds. The highest BCUT2D eigenvalue weighted by Gasteiger charge is 2.12. The van der Waals surface area contributed by atoms with Gasteiger partial charge in [0, 0.05) is 24.3 Å². The zero-order chi connectivity index (χ0) is 13.0. The van der Waals surface area contributed by atoms with E-state index < -0.39 is 0 Å².